The van der Waals surface area contributed by atoms with Gasteiger partial charge < -0.3 is 5.32 Å². The lowest BCUT2D eigenvalue weighted by molar-refractivity contribution is 0.0953. The van der Waals surface area contributed by atoms with Gasteiger partial charge in [-0.25, -0.2) is 5.43 Å². The Hall–Kier alpha value is -3.25. The predicted octanol–water partition coefficient (Wildman–Crippen LogP) is 4.38. The maximum absolute atomic E-state index is 12.3. The van der Waals surface area contributed by atoms with Crippen LogP contribution in [-0.2, 0) is 0 Å². The molecule has 2 aromatic carbocycles. The van der Waals surface area contributed by atoms with Gasteiger partial charge in [0.05, 0.1) is 6.21 Å². The number of anilines is 1. The first-order chi connectivity index (χ1) is 13.0. The van der Waals surface area contributed by atoms with E-state index in [0.29, 0.717) is 16.8 Å². The predicted molar refractivity (Wildman–Crippen MR) is 110 cm³/mol. The molecule has 2 N–H and O–H groups in total. The SMILES string of the molecule is Cc1ccc(C(=O)Nc2cccc(C(=O)N/N=C\c3ccc(C)s3)c2)cc1. The van der Waals surface area contributed by atoms with Gasteiger partial charge in [-0.2, -0.15) is 5.10 Å². The monoisotopic (exact) mass is 377 g/mol. The van der Waals surface area contributed by atoms with Crippen LogP contribution in [0.5, 0.6) is 0 Å². The molecular formula is C21H19N3O2S. The summed E-state index contributed by atoms with van der Waals surface area (Å²) in [6, 6.07) is 18.0. The summed E-state index contributed by atoms with van der Waals surface area (Å²) in [5, 5.41) is 6.78. The molecule has 0 unspecified atom stereocenters. The Balaban J connectivity index is 1.63. The van der Waals surface area contributed by atoms with Crippen LogP contribution in [-0.4, -0.2) is 18.0 Å². The number of nitrogens with zero attached hydrogens (tertiary/aromatic N) is 1. The molecule has 0 saturated heterocycles. The van der Waals surface area contributed by atoms with Gasteiger partial charge in [-0.05, 0) is 56.3 Å². The second kappa shape index (κ2) is 8.42. The third-order valence-corrected chi connectivity index (χ3v) is 4.75. The van der Waals surface area contributed by atoms with Crippen molar-refractivity contribution in [2.75, 3.05) is 5.32 Å². The highest BCUT2D eigenvalue weighted by Gasteiger charge is 2.09. The molecule has 0 spiro atoms. The second-order valence-electron chi connectivity index (χ2n) is 6.05. The second-order valence-corrected chi connectivity index (χ2v) is 7.37. The van der Waals surface area contributed by atoms with Gasteiger partial charge in [0.2, 0.25) is 0 Å². The van der Waals surface area contributed by atoms with E-state index in [-0.39, 0.29) is 11.8 Å². The third-order valence-electron chi connectivity index (χ3n) is 3.82. The lowest BCUT2D eigenvalue weighted by Gasteiger charge is -2.07. The van der Waals surface area contributed by atoms with Crippen molar-refractivity contribution < 1.29 is 9.59 Å². The summed E-state index contributed by atoms with van der Waals surface area (Å²) in [4.78, 5) is 26.7. The average molecular weight is 377 g/mol. The quantitative estimate of drug-likeness (QED) is 0.512. The Morgan fingerprint density at radius 2 is 1.70 bits per heavy atom. The van der Waals surface area contributed by atoms with Crippen molar-refractivity contribution in [3.8, 4) is 0 Å². The molecule has 0 fully saturated rings. The summed E-state index contributed by atoms with van der Waals surface area (Å²) < 4.78 is 0. The fraction of sp³-hybridized carbons (Fsp3) is 0.0952. The molecule has 0 aliphatic rings. The van der Waals surface area contributed by atoms with Crippen LogP contribution in [0, 0.1) is 13.8 Å². The fourth-order valence-corrected chi connectivity index (χ4v) is 3.14. The van der Waals surface area contributed by atoms with Gasteiger partial charge >= 0.3 is 0 Å². The van der Waals surface area contributed by atoms with E-state index in [1.54, 1.807) is 53.9 Å². The molecule has 0 saturated carbocycles. The van der Waals surface area contributed by atoms with Crippen LogP contribution in [0.2, 0.25) is 0 Å². The Morgan fingerprint density at radius 3 is 2.41 bits per heavy atom. The minimum Gasteiger partial charge on any atom is -0.322 e. The van der Waals surface area contributed by atoms with E-state index < -0.39 is 0 Å². The van der Waals surface area contributed by atoms with Gasteiger partial charge in [-0.1, -0.05) is 23.8 Å². The van der Waals surface area contributed by atoms with Gasteiger partial charge in [-0.3, -0.25) is 9.59 Å². The van der Waals surface area contributed by atoms with E-state index in [9.17, 15) is 9.59 Å². The van der Waals surface area contributed by atoms with Crippen molar-refractivity contribution in [3.63, 3.8) is 0 Å². The van der Waals surface area contributed by atoms with Crippen LogP contribution >= 0.6 is 11.3 Å². The van der Waals surface area contributed by atoms with Crippen molar-refractivity contribution in [2.24, 2.45) is 5.10 Å². The third kappa shape index (κ3) is 5.12. The van der Waals surface area contributed by atoms with Crippen molar-refractivity contribution in [1.29, 1.82) is 0 Å². The van der Waals surface area contributed by atoms with Crippen LogP contribution in [0.3, 0.4) is 0 Å². The Morgan fingerprint density at radius 1 is 0.926 bits per heavy atom. The van der Waals surface area contributed by atoms with E-state index >= 15 is 0 Å². The molecule has 1 aromatic heterocycles. The molecule has 0 aliphatic heterocycles. The maximum atomic E-state index is 12.3. The first-order valence-electron chi connectivity index (χ1n) is 8.39. The van der Waals surface area contributed by atoms with Crippen molar-refractivity contribution in [3.05, 3.63) is 87.1 Å². The summed E-state index contributed by atoms with van der Waals surface area (Å²) in [5.74, 6) is -0.565. The minimum absolute atomic E-state index is 0.223. The summed E-state index contributed by atoms with van der Waals surface area (Å²) in [7, 11) is 0. The summed E-state index contributed by atoms with van der Waals surface area (Å²) in [6.45, 7) is 3.98. The van der Waals surface area contributed by atoms with Crippen LogP contribution in [0.1, 0.15) is 36.0 Å². The zero-order valence-corrected chi connectivity index (χ0v) is 15.8. The maximum Gasteiger partial charge on any atom is 0.271 e. The summed E-state index contributed by atoms with van der Waals surface area (Å²) in [5.41, 5.74) is 5.11. The summed E-state index contributed by atoms with van der Waals surface area (Å²) in [6.07, 6.45) is 1.61. The number of carbonyl (C=O) groups excluding carboxylic acids is 2. The number of rotatable bonds is 5. The van der Waals surface area contributed by atoms with E-state index in [1.165, 1.54) is 4.88 Å². The molecule has 2 amide bonds. The number of amides is 2. The number of aryl methyl sites for hydroxylation is 2. The van der Waals surface area contributed by atoms with E-state index in [1.807, 2.05) is 38.1 Å². The molecule has 5 nitrogen and oxygen atoms in total. The smallest absolute Gasteiger partial charge is 0.271 e. The highest BCUT2D eigenvalue weighted by molar-refractivity contribution is 7.13. The number of thiophene rings is 1. The number of hydrazone groups is 1. The van der Waals surface area contributed by atoms with Crippen molar-refractivity contribution in [2.45, 2.75) is 13.8 Å². The zero-order valence-electron chi connectivity index (χ0n) is 15.0. The number of hydrogen-bond acceptors (Lipinski definition) is 4. The lowest BCUT2D eigenvalue weighted by Crippen LogP contribution is -2.18. The molecular weight excluding hydrogens is 358 g/mol. The first kappa shape index (κ1) is 18.5. The number of benzene rings is 2. The van der Waals surface area contributed by atoms with Crippen LogP contribution in [0.4, 0.5) is 5.69 Å². The van der Waals surface area contributed by atoms with Crippen LogP contribution in [0.25, 0.3) is 0 Å². The molecule has 0 bridgehead atoms. The van der Waals surface area contributed by atoms with Crippen molar-refractivity contribution in [1.82, 2.24) is 5.43 Å². The largest absolute Gasteiger partial charge is 0.322 e. The standard InChI is InChI=1S/C21H19N3O2S/c1-14-6-9-16(10-7-14)20(25)23-18-5-3-4-17(12-18)21(26)24-22-13-19-11-8-15(2)27-19/h3-13H,1-2H3,(H,23,25)(H,24,26)/b22-13-. The van der Waals surface area contributed by atoms with Gasteiger partial charge in [-0.15, -0.1) is 11.3 Å². The molecule has 0 aliphatic carbocycles. The minimum atomic E-state index is -0.342. The highest BCUT2D eigenvalue weighted by atomic mass is 32.1. The Bertz CT molecular complexity index is 991. The van der Waals surface area contributed by atoms with Crippen molar-refractivity contribution >= 4 is 35.1 Å². The molecule has 0 radical (unpaired) electrons. The zero-order chi connectivity index (χ0) is 19.2. The van der Waals surface area contributed by atoms with Gasteiger partial charge in [0.15, 0.2) is 0 Å². The number of nitrogens with one attached hydrogen (secondary N) is 2. The highest BCUT2D eigenvalue weighted by Crippen LogP contribution is 2.14. The molecule has 27 heavy (non-hydrogen) atoms. The molecule has 1 heterocycles. The first-order valence-corrected chi connectivity index (χ1v) is 9.21. The normalized spacial score (nSPS) is 10.7. The van der Waals surface area contributed by atoms with Crippen LogP contribution < -0.4 is 10.7 Å². The van der Waals surface area contributed by atoms with E-state index in [4.69, 9.17) is 0 Å². The van der Waals surface area contributed by atoms with E-state index in [0.717, 1.165) is 10.4 Å². The number of carbonyl (C=O) groups is 2. The lowest BCUT2D eigenvalue weighted by atomic mass is 10.1. The van der Waals surface area contributed by atoms with Gasteiger partial charge in [0, 0.05) is 26.6 Å². The molecule has 3 rings (SSSR count). The molecule has 6 heteroatoms. The number of hydrogen-bond donors (Lipinski definition) is 2. The van der Waals surface area contributed by atoms with Gasteiger partial charge in [0.25, 0.3) is 11.8 Å². The molecule has 136 valence electrons. The topological polar surface area (TPSA) is 70.6 Å². The molecule has 3 aromatic rings. The molecule has 0 atom stereocenters. The summed E-state index contributed by atoms with van der Waals surface area (Å²) >= 11 is 1.60. The Labute approximate surface area is 161 Å². The average Bonchev–Trinajstić information content (AvgIpc) is 3.07. The van der Waals surface area contributed by atoms with E-state index in [2.05, 4.69) is 15.8 Å². The Kier molecular flexibility index (Phi) is 5.78. The fourth-order valence-electron chi connectivity index (χ4n) is 2.39. The van der Waals surface area contributed by atoms with Gasteiger partial charge in [0.1, 0.15) is 0 Å². The van der Waals surface area contributed by atoms with Crippen LogP contribution in [0.15, 0.2) is 65.8 Å².